The summed E-state index contributed by atoms with van der Waals surface area (Å²) in [4.78, 5) is 26.9. The summed E-state index contributed by atoms with van der Waals surface area (Å²) in [6.45, 7) is 2.72. The lowest BCUT2D eigenvalue weighted by molar-refractivity contribution is -0.137. The van der Waals surface area contributed by atoms with Gasteiger partial charge in [0.2, 0.25) is 0 Å². The number of rotatable bonds is 7. The van der Waals surface area contributed by atoms with Gasteiger partial charge in [0.1, 0.15) is 0 Å². The van der Waals surface area contributed by atoms with E-state index in [0.29, 0.717) is 13.0 Å². The summed E-state index contributed by atoms with van der Waals surface area (Å²) >= 11 is 1.84. The number of benzene rings is 3. The van der Waals surface area contributed by atoms with Crippen LogP contribution in [0.25, 0.3) is 11.0 Å². The van der Waals surface area contributed by atoms with Gasteiger partial charge >= 0.3 is 11.7 Å². The number of hydrogen-bond donors (Lipinski definition) is 1. The molecule has 6 heteroatoms. The molecule has 3 aromatic carbocycles. The van der Waals surface area contributed by atoms with Crippen LogP contribution < -0.4 is 5.69 Å². The van der Waals surface area contributed by atoms with E-state index in [9.17, 15) is 14.7 Å². The van der Waals surface area contributed by atoms with Crippen LogP contribution in [0.3, 0.4) is 0 Å². The fourth-order valence-electron chi connectivity index (χ4n) is 5.04. The Balaban J connectivity index is 1.59. The van der Waals surface area contributed by atoms with E-state index < -0.39 is 12.0 Å². The molecule has 5 nitrogen and oxygen atoms in total. The number of aliphatic carboxylic acids is 1. The van der Waals surface area contributed by atoms with Crippen LogP contribution >= 0.6 is 11.8 Å². The second-order valence-electron chi connectivity index (χ2n) is 8.69. The van der Waals surface area contributed by atoms with Crippen molar-refractivity contribution < 1.29 is 9.90 Å². The summed E-state index contributed by atoms with van der Waals surface area (Å²) in [5.41, 5.74) is 5.12. The molecule has 0 fully saturated rings. The zero-order valence-electron chi connectivity index (χ0n) is 18.5. The van der Waals surface area contributed by atoms with Crippen LogP contribution in [-0.4, -0.2) is 26.0 Å². The van der Waals surface area contributed by atoms with Gasteiger partial charge in [-0.3, -0.25) is 13.9 Å². The Morgan fingerprint density at radius 2 is 1.76 bits per heavy atom. The van der Waals surface area contributed by atoms with Crippen LogP contribution in [0.4, 0.5) is 0 Å². The number of thioether (sulfide) groups is 1. The number of para-hydroxylation sites is 2. The van der Waals surface area contributed by atoms with Gasteiger partial charge in [0.05, 0.1) is 23.5 Å². The number of carbonyl (C=O) groups is 1. The van der Waals surface area contributed by atoms with Gasteiger partial charge in [-0.05, 0) is 48.2 Å². The first-order valence-corrected chi connectivity index (χ1v) is 12.2. The number of aryl methyl sites for hydroxylation is 1. The highest BCUT2D eigenvalue weighted by Gasteiger charge is 2.28. The Hall–Kier alpha value is -3.25. The van der Waals surface area contributed by atoms with E-state index in [1.54, 1.807) is 4.57 Å². The first kappa shape index (κ1) is 21.6. The topological polar surface area (TPSA) is 64.2 Å². The molecule has 4 aromatic rings. The number of hydrogen-bond acceptors (Lipinski definition) is 3. The predicted molar refractivity (Wildman–Crippen MR) is 132 cm³/mol. The Morgan fingerprint density at radius 1 is 1.03 bits per heavy atom. The van der Waals surface area contributed by atoms with E-state index in [1.807, 2.05) is 70.9 Å². The molecule has 0 radical (unpaired) electrons. The van der Waals surface area contributed by atoms with Gasteiger partial charge in [-0.2, -0.15) is 0 Å². The molecule has 0 spiro atoms. The van der Waals surface area contributed by atoms with Crippen LogP contribution in [0, 0.1) is 6.92 Å². The van der Waals surface area contributed by atoms with Crippen molar-refractivity contribution in [1.82, 2.24) is 9.13 Å². The van der Waals surface area contributed by atoms with Crippen molar-refractivity contribution in [2.24, 2.45) is 0 Å². The SMILES string of the molecule is Cc1cccc2c1C(Cn1c(=O)n([C@H](CC(=O)O)Cc3ccccc3)c3ccccc31)CS2. The summed E-state index contributed by atoms with van der Waals surface area (Å²) in [5.74, 6) is 0.279. The molecule has 5 rings (SSSR count). The number of fused-ring (bicyclic) bond motifs is 2. The second-order valence-corrected chi connectivity index (χ2v) is 9.75. The quantitative estimate of drug-likeness (QED) is 0.410. The maximum absolute atomic E-state index is 13.8. The van der Waals surface area contributed by atoms with E-state index in [-0.39, 0.29) is 18.0 Å². The fourth-order valence-corrected chi connectivity index (χ4v) is 6.36. The van der Waals surface area contributed by atoms with Crippen LogP contribution in [-0.2, 0) is 17.8 Å². The zero-order valence-corrected chi connectivity index (χ0v) is 19.3. The van der Waals surface area contributed by atoms with Gasteiger partial charge in [0.25, 0.3) is 0 Å². The second kappa shape index (κ2) is 8.94. The summed E-state index contributed by atoms with van der Waals surface area (Å²) in [6.07, 6.45) is 0.381. The van der Waals surface area contributed by atoms with Crippen molar-refractivity contribution in [2.75, 3.05) is 5.75 Å². The van der Waals surface area contributed by atoms with Gasteiger partial charge in [0.15, 0.2) is 0 Å². The number of nitrogens with zero attached hydrogens (tertiary/aromatic N) is 2. The first-order chi connectivity index (χ1) is 16.0. The van der Waals surface area contributed by atoms with Crippen LogP contribution in [0.5, 0.6) is 0 Å². The molecular formula is C27H26N2O3S. The van der Waals surface area contributed by atoms with E-state index in [1.165, 1.54) is 16.0 Å². The number of carboxylic acid groups (broad SMARTS) is 1. The lowest BCUT2D eigenvalue weighted by Gasteiger charge is -2.17. The maximum Gasteiger partial charge on any atom is 0.329 e. The van der Waals surface area contributed by atoms with Crippen LogP contribution in [0.2, 0.25) is 0 Å². The maximum atomic E-state index is 13.8. The number of aromatic nitrogens is 2. The minimum atomic E-state index is -0.906. The third kappa shape index (κ3) is 4.11. The lowest BCUT2D eigenvalue weighted by atomic mass is 9.96. The van der Waals surface area contributed by atoms with Crippen LogP contribution in [0.1, 0.15) is 35.1 Å². The molecule has 1 aromatic heterocycles. The standard InChI is InChI=1S/C27H26N2O3S/c1-18-8-7-13-24-26(18)20(17-33-24)16-28-22-11-5-6-12-23(22)29(27(28)32)21(15-25(30)31)14-19-9-3-2-4-10-19/h2-13,20-21H,14-17H2,1H3,(H,30,31)/t20?,21-/m0/s1. The average Bonchev–Trinajstić information content (AvgIpc) is 3.34. The monoisotopic (exact) mass is 458 g/mol. The van der Waals surface area contributed by atoms with E-state index in [4.69, 9.17) is 0 Å². The van der Waals surface area contributed by atoms with E-state index in [0.717, 1.165) is 22.3 Å². The molecule has 33 heavy (non-hydrogen) atoms. The highest BCUT2D eigenvalue weighted by molar-refractivity contribution is 7.99. The Morgan fingerprint density at radius 3 is 2.52 bits per heavy atom. The first-order valence-electron chi connectivity index (χ1n) is 11.2. The summed E-state index contributed by atoms with van der Waals surface area (Å²) in [7, 11) is 0. The van der Waals surface area contributed by atoms with Crippen molar-refractivity contribution in [3.8, 4) is 0 Å². The van der Waals surface area contributed by atoms with Crippen molar-refractivity contribution in [3.05, 3.63) is 100.0 Å². The Bertz CT molecular complexity index is 1370. The minimum absolute atomic E-state index is 0.107. The van der Waals surface area contributed by atoms with Gasteiger partial charge in [-0.25, -0.2) is 4.79 Å². The molecule has 0 amide bonds. The largest absolute Gasteiger partial charge is 0.481 e. The molecule has 168 valence electrons. The van der Waals surface area contributed by atoms with E-state index >= 15 is 0 Å². The smallest absolute Gasteiger partial charge is 0.329 e. The minimum Gasteiger partial charge on any atom is -0.481 e. The molecule has 0 bridgehead atoms. The Kier molecular flexibility index (Phi) is 5.85. The summed E-state index contributed by atoms with van der Waals surface area (Å²) < 4.78 is 3.55. The van der Waals surface area contributed by atoms with Crippen molar-refractivity contribution >= 4 is 28.8 Å². The molecule has 2 atom stereocenters. The zero-order chi connectivity index (χ0) is 22.9. The molecule has 0 aliphatic carbocycles. The number of imidazole rings is 1. The lowest BCUT2D eigenvalue weighted by Crippen LogP contribution is -2.31. The third-order valence-electron chi connectivity index (χ3n) is 6.49. The average molecular weight is 459 g/mol. The molecule has 0 saturated heterocycles. The highest BCUT2D eigenvalue weighted by Crippen LogP contribution is 2.42. The van der Waals surface area contributed by atoms with Crippen molar-refractivity contribution in [2.45, 2.75) is 43.2 Å². The number of carboxylic acids is 1. The molecule has 2 heterocycles. The summed E-state index contributed by atoms with van der Waals surface area (Å²) in [6, 6.07) is 23.4. The highest BCUT2D eigenvalue weighted by atomic mass is 32.2. The third-order valence-corrected chi connectivity index (χ3v) is 7.73. The van der Waals surface area contributed by atoms with Gasteiger partial charge in [0, 0.05) is 23.1 Å². The molecule has 1 aliphatic heterocycles. The van der Waals surface area contributed by atoms with Crippen molar-refractivity contribution in [1.29, 1.82) is 0 Å². The van der Waals surface area contributed by atoms with Gasteiger partial charge in [-0.15, -0.1) is 11.8 Å². The normalized spacial score (nSPS) is 16.1. The van der Waals surface area contributed by atoms with Gasteiger partial charge in [-0.1, -0.05) is 54.6 Å². The van der Waals surface area contributed by atoms with Crippen molar-refractivity contribution in [3.63, 3.8) is 0 Å². The van der Waals surface area contributed by atoms with Crippen LogP contribution in [0.15, 0.2) is 82.5 Å². The molecule has 1 N–H and O–H groups in total. The summed E-state index contributed by atoms with van der Waals surface area (Å²) in [5, 5.41) is 9.64. The fraction of sp³-hybridized carbons (Fsp3) is 0.259. The molecular weight excluding hydrogens is 432 g/mol. The Labute approximate surface area is 196 Å². The molecule has 0 saturated carbocycles. The predicted octanol–water partition coefficient (Wildman–Crippen LogP) is 5.26. The molecule has 1 unspecified atom stereocenters. The van der Waals surface area contributed by atoms with E-state index in [2.05, 4.69) is 25.1 Å². The molecule has 1 aliphatic rings. The van der Waals surface area contributed by atoms with Gasteiger partial charge < -0.3 is 5.11 Å².